The highest BCUT2D eigenvalue weighted by atomic mass is 16.5. The second-order valence-electron chi connectivity index (χ2n) is 7.22. The summed E-state index contributed by atoms with van der Waals surface area (Å²) in [5.41, 5.74) is 2.75. The summed E-state index contributed by atoms with van der Waals surface area (Å²) in [7, 11) is 0. The lowest BCUT2D eigenvalue weighted by molar-refractivity contribution is -0.122. The topological polar surface area (TPSA) is 91.1 Å². The van der Waals surface area contributed by atoms with Gasteiger partial charge < -0.3 is 15.0 Å². The van der Waals surface area contributed by atoms with Crippen molar-refractivity contribution in [3.63, 3.8) is 0 Å². The molecule has 1 N–H and O–H groups in total. The number of rotatable bonds is 5. The van der Waals surface area contributed by atoms with Crippen molar-refractivity contribution in [2.24, 2.45) is 0 Å². The second-order valence-corrected chi connectivity index (χ2v) is 7.22. The average Bonchev–Trinajstić information content (AvgIpc) is 2.80. The van der Waals surface area contributed by atoms with E-state index in [0.717, 1.165) is 11.1 Å². The first kappa shape index (κ1) is 19.8. The van der Waals surface area contributed by atoms with Crippen LogP contribution in [0, 0.1) is 11.3 Å². The number of anilines is 1. The quantitative estimate of drug-likeness (QED) is 0.707. The van der Waals surface area contributed by atoms with Gasteiger partial charge in [0, 0.05) is 13.1 Å². The van der Waals surface area contributed by atoms with Crippen LogP contribution < -0.4 is 10.2 Å². The van der Waals surface area contributed by atoms with Gasteiger partial charge in [0.1, 0.15) is 5.69 Å². The summed E-state index contributed by atoms with van der Waals surface area (Å²) in [5.74, 6) is -0.870. The number of morpholine rings is 1. The standard InChI is InChI=1S/C23H23N5O2/c1-16(17-7-3-2-4-8-17)25-23(29)18(15-24)21-22(28-11-13-30-14-12-28)27-20-10-6-5-9-19(20)26-21/h2-10,16,18H,11-14H2,1H3,(H,25,29)/t16-,18-/m1/s1. The molecule has 1 saturated heterocycles. The normalized spacial score (nSPS) is 15.9. The number of carbonyl (C=O) groups is 1. The SMILES string of the molecule is C[C@@H](NC(=O)[C@H](C#N)c1nc2ccccc2nc1N1CCOCC1)c1ccccc1. The third-order valence-electron chi connectivity index (χ3n) is 5.21. The van der Waals surface area contributed by atoms with Gasteiger partial charge in [-0.2, -0.15) is 5.26 Å². The van der Waals surface area contributed by atoms with E-state index in [-0.39, 0.29) is 11.9 Å². The zero-order chi connectivity index (χ0) is 20.9. The average molecular weight is 401 g/mol. The molecule has 2 heterocycles. The van der Waals surface area contributed by atoms with Gasteiger partial charge in [-0.1, -0.05) is 42.5 Å². The van der Waals surface area contributed by atoms with Crippen LogP contribution in [-0.4, -0.2) is 42.2 Å². The zero-order valence-corrected chi connectivity index (χ0v) is 16.8. The van der Waals surface area contributed by atoms with Gasteiger partial charge in [-0.15, -0.1) is 0 Å². The highest BCUT2D eigenvalue weighted by Crippen LogP contribution is 2.28. The van der Waals surface area contributed by atoms with Gasteiger partial charge in [0.15, 0.2) is 11.7 Å². The monoisotopic (exact) mass is 401 g/mol. The number of nitriles is 1. The molecular weight excluding hydrogens is 378 g/mol. The number of hydrogen-bond donors (Lipinski definition) is 1. The van der Waals surface area contributed by atoms with Crippen LogP contribution in [0.15, 0.2) is 54.6 Å². The fraction of sp³-hybridized carbons (Fsp3) is 0.304. The van der Waals surface area contributed by atoms with Crippen LogP contribution in [0.25, 0.3) is 11.0 Å². The van der Waals surface area contributed by atoms with E-state index in [1.165, 1.54) is 0 Å². The second kappa shape index (κ2) is 8.89. The molecule has 7 nitrogen and oxygen atoms in total. The van der Waals surface area contributed by atoms with Crippen LogP contribution >= 0.6 is 0 Å². The third-order valence-corrected chi connectivity index (χ3v) is 5.21. The molecule has 152 valence electrons. The molecule has 2 atom stereocenters. The summed E-state index contributed by atoms with van der Waals surface area (Å²) >= 11 is 0. The Kier molecular flexibility index (Phi) is 5.87. The number of nitrogens with one attached hydrogen (secondary N) is 1. The van der Waals surface area contributed by atoms with Crippen LogP contribution in [0.2, 0.25) is 0 Å². The fourth-order valence-corrected chi connectivity index (χ4v) is 3.57. The summed E-state index contributed by atoms with van der Waals surface area (Å²) in [4.78, 5) is 24.6. The fourth-order valence-electron chi connectivity index (χ4n) is 3.57. The van der Waals surface area contributed by atoms with Gasteiger partial charge in [-0.25, -0.2) is 9.97 Å². The molecule has 0 saturated carbocycles. The summed E-state index contributed by atoms with van der Waals surface area (Å²) in [6, 6.07) is 19.1. The molecule has 2 aromatic carbocycles. The molecule has 1 fully saturated rings. The summed E-state index contributed by atoms with van der Waals surface area (Å²) in [6.45, 7) is 4.32. The van der Waals surface area contributed by atoms with E-state index in [2.05, 4.69) is 11.4 Å². The molecule has 1 aliphatic rings. The Bertz CT molecular complexity index is 1070. The maximum absolute atomic E-state index is 13.1. The number of carbonyl (C=O) groups excluding carboxylic acids is 1. The van der Waals surface area contributed by atoms with Gasteiger partial charge in [0.2, 0.25) is 5.91 Å². The van der Waals surface area contributed by atoms with Crippen LogP contribution in [0.5, 0.6) is 0 Å². The molecule has 1 amide bonds. The van der Waals surface area contributed by atoms with Crippen LogP contribution in [0.4, 0.5) is 5.82 Å². The minimum atomic E-state index is -1.06. The molecule has 1 aliphatic heterocycles. The number of amides is 1. The highest BCUT2D eigenvalue weighted by Gasteiger charge is 2.30. The van der Waals surface area contributed by atoms with Crippen molar-refractivity contribution >= 4 is 22.8 Å². The first-order valence-electron chi connectivity index (χ1n) is 10.0. The van der Waals surface area contributed by atoms with Gasteiger partial charge in [0.05, 0.1) is 36.4 Å². The summed E-state index contributed by atoms with van der Waals surface area (Å²) < 4.78 is 5.45. The molecule has 4 rings (SSSR count). The maximum atomic E-state index is 13.1. The lowest BCUT2D eigenvalue weighted by atomic mass is 10.0. The summed E-state index contributed by atoms with van der Waals surface area (Å²) in [5, 5.41) is 12.9. The number of nitrogens with zero attached hydrogens (tertiary/aromatic N) is 4. The Morgan fingerprint density at radius 3 is 2.37 bits per heavy atom. The smallest absolute Gasteiger partial charge is 0.244 e. The van der Waals surface area contributed by atoms with Crippen molar-refractivity contribution in [3.8, 4) is 6.07 Å². The van der Waals surface area contributed by atoms with Crippen molar-refractivity contribution in [1.29, 1.82) is 5.26 Å². The van der Waals surface area contributed by atoms with E-state index < -0.39 is 5.92 Å². The van der Waals surface area contributed by atoms with E-state index in [4.69, 9.17) is 14.7 Å². The molecule has 3 aromatic rings. The first-order valence-corrected chi connectivity index (χ1v) is 10.0. The van der Waals surface area contributed by atoms with Crippen molar-refractivity contribution in [2.45, 2.75) is 18.9 Å². The van der Waals surface area contributed by atoms with Crippen molar-refractivity contribution < 1.29 is 9.53 Å². The molecular formula is C23H23N5O2. The molecule has 30 heavy (non-hydrogen) atoms. The lowest BCUT2D eigenvalue weighted by Gasteiger charge is -2.30. The van der Waals surface area contributed by atoms with E-state index in [9.17, 15) is 10.1 Å². The third kappa shape index (κ3) is 4.09. The number of ether oxygens (including phenoxy) is 1. The van der Waals surface area contributed by atoms with Crippen molar-refractivity contribution in [3.05, 3.63) is 65.9 Å². The van der Waals surface area contributed by atoms with Gasteiger partial charge in [0.25, 0.3) is 0 Å². The number of para-hydroxylation sites is 2. The molecule has 0 unspecified atom stereocenters. The molecule has 0 spiro atoms. The number of hydrogen-bond acceptors (Lipinski definition) is 6. The molecule has 1 aromatic heterocycles. The zero-order valence-electron chi connectivity index (χ0n) is 16.8. The predicted molar refractivity (Wildman–Crippen MR) is 114 cm³/mol. The Morgan fingerprint density at radius 1 is 1.07 bits per heavy atom. The molecule has 0 radical (unpaired) electrons. The van der Waals surface area contributed by atoms with Crippen molar-refractivity contribution in [2.75, 3.05) is 31.2 Å². The van der Waals surface area contributed by atoms with E-state index in [1.54, 1.807) is 0 Å². The molecule has 0 aliphatic carbocycles. The van der Waals surface area contributed by atoms with Crippen LogP contribution in [0.3, 0.4) is 0 Å². The first-order chi connectivity index (χ1) is 14.7. The maximum Gasteiger partial charge on any atom is 0.244 e. The molecule has 0 bridgehead atoms. The number of benzene rings is 2. The Hall–Kier alpha value is -3.50. The highest BCUT2D eigenvalue weighted by molar-refractivity contribution is 5.89. The van der Waals surface area contributed by atoms with E-state index in [0.29, 0.717) is 43.3 Å². The van der Waals surface area contributed by atoms with Gasteiger partial charge in [-0.05, 0) is 24.6 Å². The van der Waals surface area contributed by atoms with Gasteiger partial charge in [-0.3, -0.25) is 4.79 Å². The van der Waals surface area contributed by atoms with E-state index in [1.807, 2.05) is 66.4 Å². The number of aromatic nitrogens is 2. The van der Waals surface area contributed by atoms with E-state index >= 15 is 0 Å². The Labute approximate surface area is 175 Å². The van der Waals surface area contributed by atoms with Crippen molar-refractivity contribution in [1.82, 2.24) is 15.3 Å². The minimum Gasteiger partial charge on any atom is -0.378 e. The van der Waals surface area contributed by atoms with Gasteiger partial charge >= 0.3 is 0 Å². The Balaban J connectivity index is 1.69. The Morgan fingerprint density at radius 2 is 1.70 bits per heavy atom. The predicted octanol–water partition coefficient (Wildman–Crippen LogP) is 2.95. The largest absolute Gasteiger partial charge is 0.378 e. The number of fused-ring (bicyclic) bond motifs is 1. The molecule has 7 heteroatoms. The lowest BCUT2D eigenvalue weighted by Crippen LogP contribution is -2.39. The minimum absolute atomic E-state index is 0.227. The van der Waals surface area contributed by atoms with Crippen LogP contribution in [-0.2, 0) is 9.53 Å². The van der Waals surface area contributed by atoms with Crippen LogP contribution in [0.1, 0.15) is 30.1 Å². The summed E-state index contributed by atoms with van der Waals surface area (Å²) in [6.07, 6.45) is 0.